The average molecular weight is 290 g/mol. The second-order valence-corrected chi connectivity index (χ2v) is 5.90. The first kappa shape index (κ1) is 14.0. The van der Waals surface area contributed by atoms with Crippen LogP contribution in [0.1, 0.15) is 32.1 Å². The zero-order valence-corrected chi connectivity index (χ0v) is 11.9. The largest absolute Gasteiger partial charge is 0.342 e. The van der Waals surface area contributed by atoms with Crippen LogP contribution in [0.3, 0.4) is 0 Å². The molecule has 21 heavy (non-hydrogen) atoms. The first-order valence-electron chi connectivity index (χ1n) is 7.48. The van der Waals surface area contributed by atoms with E-state index in [0.29, 0.717) is 18.5 Å². The zero-order chi connectivity index (χ0) is 14.9. The fraction of sp³-hybridized carbons (Fsp3) is 0.500. The molecule has 2 amide bonds. The minimum absolute atomic E-state index is 0.0400. The molecule has 5 heteroatoms. The molecular formula is C16H19FN2O2. The van der Waals surface area contributed by atoms with Gasteiger partial charge in [-0.05, 0) is 56.4 Å². The highest BCUT2D eigenvalue weighted by atomic mass is 19.1. The second kappa shape index (κ2) is 5.47. The Morgan fingerprint density at radius 1 is 1.05 bits per heavy atom. The van der Waals surface area contributed by atoms with Crippen molar-refractivity contribution in [3.05, 3.63) is 30.1 Å². The average Bonchev–Trinajstić information content (AvgIpc) is 3.31. The van der Waals surface area contributed by atoms with Crippen molar-refractivity contribution in [2.24, 2.45) is 5.41 Å². The molecule has 0 spiro atoms. The Morgan fingerprint density at radius 3 is 2.24 bits per heavy atom. The number of likely N-dealkylation sites (tertiary alicyclic amines) is 1. The van der Waals surface area contributed by atoms with Crippen molar-refractivity contribution < 1.29 is 14.0 Å². The number of piperidine rings is 1. The maximum Gasteiger partial charge on any atom is 0.240 e. The Bertz CT molecular complexity index is 546. The Morgan fingerprint density at radius 2 is 1.67 bits per heavy atom. The summed E-state index contributed by atoms with van der Waals surface area (Å²) in [4.78, 5) is 26.8. The Kier molecular flexibility index (Phi) is 3.66. The van der Waals surface area contributed by atoms with E-state index in [1.807, 2.05) is 4.90 Å². The van der Waals surface area contributed by atoms with Crippen LogP contribution in [0.4, 0.5) is 10.1 Å². The number of carbonyl (C=O) groups excluding carboxylic acids is 2. The van der Waals surface area contributed by atoms with Gasteiger partial charge < -0.3 is 10.2 Å². The molecule has 0 unspecified atom stereocenters. The number of benzene rings is 1. The highest BCUT2D eigenvalue weighted by Crippen LogP contribution is 2.48. The summed E-state index contributed by atoms with van der Waals surface area (Å²) in [7, 11) is 0. The Balaban J connectivity index is 1.68. The van der Waals surface area contributed by atoms with E-state index in [1.165, 1.54) is 24.3 Å². The van der Waals surface area contributed by atoms with Gasteiger partial charge in [-0.3, -0.25) is 9.59 Å². The number of amides is 2. The molecule has 1 heterocycles. The van der Waals surface area contributed by atoms with E-state index in [2.05, 4.69) is 5.32 Å². The Labute approximate surface area is 123 Å². The summed E-state index contributed by atoms with van der Waals surface area (Å²) in [5, 5.41) is 2.74. The lowest BCUT2D eigenvalue weighted by molar-refractivity contribution is -0.143. The molecule has 0 bridgehead atoms. The van der Waals surface area contributed by atoms with E-state index in [0.717, 1.165) is 32.4 Å². The van der Waals surface area contributed by atoms with Gasteiger partial charge in [0.05, 0.1) is 0 Å². The highest BCUT2D eigenvalue weighted by molar-refractivity contribution is 6.13. The number of nitrogens with one attached hydrogen (secondary N) is 1. The molecule has 1 aliphatic heterocycles. The van der Waals surface area contributed by atoms with Crippen molar-refractivity contribution >= 4 is 17.5 Å². The molecule has 1 saturated carbocycles. The summed E-state index contributed by atoms with van der Waals surface area (Å²) < 4.78 is 12.9. The second-order valence-electron chi connectivity index (χ2n) is 5.90. The molecule has 0 radical (unpaired) electrons. The zero-order valence-electron chi connectivity index (χ0n) is 11.9. The topological polar surface area (TPSA) is 49.4 Å². The van der Waals surface area contributed by atoms with Gasteiger partial charge in [0.25, 0.3) is 0 Å². The van der Waals surface area contributed by atoms with Gasteiger partial charge in [0.15, 0.2) is 0 Å². The van der Waals surface area contributed by atoms with Gasteiger partial charge in [0.1, 0.15) is 11.2 Å². The minimum atomic E-state index is -0.883. The van der Waals surface area contributed by atoms with Crippen molar-refractivity contribution in [2.45, 2.75) is 32.1 Å². The van der Waals surface area contributed by atoms with Crippen molar-refractivity contribution in [1.29, 1.82) is 0 Å². The monoisotopic (exact) mass is 290 g/mol. The number of nitrogens with zero attached hydrogens (tertiary/aromatic N) is 1. The maximum absolute atomic E-state index is 12.9. The molecule has 1 aliphatic carbocycles. The van der Waals surface area contributed by atoms with Crippen LogP contribution >= 0.6 is 0 Å². The molecule has 0 aromatic heterocycles. The van der Waals surface area contributed by atoms with Crippen LogP contribution in [0, 0.1) is 11.2 Å². The molecule has 2 fully saturated rings. The van der Waals surface area contributed by atoms with Crippen molar-refractivity contribution in [1.82, 2.24) is 4.90 Å². The summed E-state index contributed by atoms with van der Waals surface area (Å²) in [6.07, 6.45) is 4.39. The molecule has 1 aromatic carbocycles. The standard InChI is InChI=1S/C16H19FN2O2/c17-12-4-6-13(7-5-12)18-14(20)16(8-9-16)15(21)19-10-2-1-3-11-19/h4-7H,1-3,8-11H2,(H,18,20). The van der Waals surface area contributed by atoms with Gasteiger partial charge >= 0.3 is 0 Å². The lowest BCUT2D eigenvalue weighted by Crippen LogP contribution is -2.45. The third-order valence-electron chi connectivity index (χ3n) is 4.34. The van der Waals surface area contributed by atoms with E-state index >= 15 is 0 Å². The van der Waals surface area contributed by atoms with Gasteiger partial charge in [-0.15, -0.1) is 0 Å². The summed E-state index contributed by atoms with van der Waals surface area (Å²) in [6.45, 7) is 1.51. The fourth-order valence-electron chi connectivity index (χ4n) is 2.85. The molecule has 3 rings (SSSR count). The number of rotatable bonds is 3. The van der Waals surface area contributed by atoms with E-state index < -0.39 is 5.41 Å². The first-order chi connectivity index (χ1) is 10.1. The highest BCUT2D eigenvalue weighted by Gasteiger charge is 2.58. The lowest BCUT2D eigenvalue weighted by atomic mass is 10.0. The molecule has 4 nitrogen and oxygen atoms in total. The molecule has 1 aromatic rings. The van der Waals surface area contributed by atoms with E-state index in [9.17, 15) is 14.0 Å². The summed E-state index contributed by atoms with van der Waals surface area (Å²) in [6, 6.07) is 5.60. The van der Waals surface area contributed by atoms with Crippen LogP contribution in [-0.2, 0) is 9.59 Å². The molecule has 1 saturated heterocycles. The van der Waals surface area contributed by atoms with Crippen LogP contribution in [0.2, 0.25) is 0 Å². The fourth-order valence-corrected chi connectivity index (χ4v) is 2.85. The van der Waals surface area contributed by atoms with Gasteiger partial charge in [-0.1, -0.05) is 0 Å². The lowest BCUT2D eigenvalue weighted by Gasteiger charge is -2.30. The number of hydrogen-bond donors (Lipinski definition) is 1. The summed E-state index contributed by atoms with van der Waals surface area (Å²) >= 11 is 0. The van der Waals surface area contributed by atoms with Crippen LogP contribution < -0.4 is 5.32 Å². The molecule has 2 aliphatic rings. The third-order valence-corrected chi connectivity index (χ3v) is 4.34. The van der Waals surface area contributed by atoms with Crippen LogP contribution in [0.25, 0.3) is 0 Å². The van der Waals surface area contributed by atoms with Crippen LogP contribution in [0.5, 0.6) is 0 Å². The van der Waals surface area contributed by atoms with Gasteiger partial charge in [0, 0.05) is 18.8 Å². The first-order valence-corrected chi connectivity index (χ1v) is 7.48. The summed E-state index contributed by atoms with van der Waals surface area (Å²) in [5.41, 5.74) is -0.356. The van der Waals surface area contributed by atoms with Crippen molar-refractivity contribution in [3.8, 4) is 0 Å². The van der Waals surface area contributed by atoms with E-state index in [1.54, 1.807) is 0 Å². The Hall–Kier alpha value is -1.91. The minimum Gasteiger partial charge on any atom is -0.342 e. The van der Waals surface area contributed by atoms with Gasteiger partial charge in [-0.2, -0.15) is 0 Å². The molecular weight excluding hydrogens is 271 g/mol. The normalized spacial score (nSPS) is 20.0. The van der Waals surface area contributed by atoms with Crippen molar-refractivity contribution in [3.63, 3.8) is 0 Å². The number of carbonyl (C=O) groups is 2. The molecule has 112 valence electrons. The van der Waals surface area contributed by atoms with Gasteiger partial charge in [-0.25, -0.2) is 4.39 Å². The quantitative estimate of drug-likeness (QED) is 0.870. The maximum atomic E-state index is 12.9. The number of halogens is 1. The molecule has 1 N–H and O–H groups in total. The number of hydrogen-bond acceptors (Lipinski definition) is 2. The van der Waals surface area contributed by atoms with E-state index in [-0.39, 0.29) is 17.6 Å². The van der Waals surface area contributed by atoms with Gasteiger partial charge in [0.2, 0.25) is 11.8 Å². The molecule has 0 atom stereocenters. The summed E-state index contributed by atoms with van der Waals surface area (Å²) in [5.74, 6) is -0.648. The van der Waals surface area contributed by atoms with Crippen LogP contribution in [-0.4, -0.2) is 29.8 Å². The third kappa shape index (κ3) is 2.77. The number of anilines is 1. The predicted octanol–water partition coefficient (Wildman–Crippen LogP) is 2.56. The SMILES string of the molecule is O=C(Nc1ccc(F)cc1)C1(C(=O)N2CCCCC2)CC1. The smallest absolute Gasteiger partial charge is 0.240 e. The predicted molar refractivity (Wildman–Crippen MR) is 77.1 cm³/mol. The van der Waals surface area contributed by atoms with E-state index in [4.69, 9.17) is 0 Å². The van der Waals surface area contributed by atoms with Crippen LogP contribution in [0.15, 0.2) is 24.3 Å². The van der Waals surface area contributed by atoms with Crippen molar-refractivity contribution in [2.75, 3.05) is 18.4 Å².